The standard InChI is InChI=1S/C12H16ClNO3S/c1-3-17-12(16)9-7-8(2)18-11(9)14-10(15)5-4-6-13/h7H,3-6H2,1-2H3,(H,14,15). The average molecular weight is 290 g/mol. The minimum Gasteiger partial charge on any atom is -0.462 e. The molecule has 1 aromatic rings. The van der Waals surface area contributed by atoms with Gasteiger partial charge in [-0.15, -0.1) is 22.9 Å². The maximum Gasteiger partial charge on any atom is 0.341 e. The molecule has 0 spiro atoms. The number of rotatable bonds is 6. The Labute approximate surface area is 115 Å². The van der Waals surface area contributed by atoms with Crippen LogP contribution >= 0.6 is 22.9 Å². The van der Waals surface area contributed by atoms with E-state index in [9.17, 15) is 9.59 Å². The van der Waals surface area contributed by atoms with Crippen molar-refractivity contribution in [3.8, 4) is 0 Å². The molecule has 100 valence electrons. The van der Waals surface area contributed by atoms with E-state index < -0.39 is 5.97 Å². The Hall–Kier alpha value is -1.07. The zero-order valence-corrected chi connectivity index (χ0v) is 12.0. The van der Waals surface area contributed by atoms with Gasteiger partial charge in [-0.1, -0.05) is 0 Å². The van der Waals surface area contributed by atoms with Crippen LogP contribution in [0.2, 0.25) is 0 Å². The Kier molecular flexibility index (Phi) is 6.15. The number of halogens is 1. The van der Waals surface area contributed by atoms with Crippen LogP contribution in [0.25, 0.3) is 0 Å². The van der Waals surface area contributed by atoms with Gasteiger partial charge in [0.15, 0.2) is 0 Å². The van der Waals surface area contributed by atoms with Gasteiger partial charge in [-0.25, -0.2) is 4.79 Å². The van der Waals surface area contributed by atoms with Crippen LogP contribution in [0.4, 0.5) is 5.00 Å². The van der Waals surface area contributed by atoms with Crippen molar-refractivity contribution >= 4 is 39.8 Å². The molecule has 1 N–H and O–H groups in total. The molecule has 18 heavy (non-hydrogen) atoms. The number of aryl methyl sites for hydroxylation is 1. The molecule has 0 bridgehead atoms. The number of esters is 1. The molecule has 0 aliphatic carbocycles. The first-order valence-electron chi connectivity index (χ1n) is 5.71. The first-order valence-corrected chi connectivity index (χ1v) is 7.07. The normalized spacial score (nSPS) is 10.2. The lowest BCUT2D eigenvalue weighted by Gasteiger charge is -2.05. The molecule has 0 aliphatic rings. The fraction of sp³-hybridized carbons (Fsp3) is 0.500. The van der Waals surface area contributed by atoms with E-state index in [1.807, 2.05) is 6.92 Å². The average Bonchev–Trinajstić information content (AvgIpc) is 2.68. The fourth-order valence-electron chi connectivity index (χ4n) is 1.38. The lowest BCUT2D eigenvalue weighted by Crippen LogP contribution is -2.13. The van der Waals surface area contributed by atoms with Gasteiger partial charge in [0.25, 0.3) is 0 Å². The van der Waals surface area contributed by atoms with Gasteiger partial charge in [-0.2, -0.15) is 0 Å². The zero-order valence-electron chi connectivity index (χ0n) is 10.4. The lowest BCUT2D eigenvalue weighted by molar-refractivity contribution is -0.116. The van der Waals surface area contributed by atoms with Crippen molar-refractivity contribution in [2.45, 2.75) is 26.7 Å². The van der Waals surface area contributed by atoms with E-state index in [0.717, 1.165) is 4.88 Å². The summed E-state index contributed by atoms with van der Waals surface area (Å²) in [6.45, 7) is 3.94. The van der Waals surface area contributed by atoms with E-state index in [4.69, 9.17) is 16.3 Å². The Balaban J connectivity index is 2.75. The van der Waals surface area contributed by atoms with Crippen LogP contribution in [0.15, 0.2) is 6.07 Å². The van der Waals surface area contributed by atoms with E-state index in [1.54, 1.807) is 13.0 Å². The van der Waals surface area contributed by atoms with E-state index in [-0.39, 0.29) is 5.91 Å². The molecule has 1 heterocycles. The molecule has 0 aliphatic heterocycles. The van der Waals surface area contributed by atoms with Crippen LogP contribution in [0, 0.1) is 6.92 Å². The summed E-state index contributed by atoms with van der Waals surface area (Å²) in [5, 5.41) is 3.27. The van der Waals surface area contributed by atoms with Crippen LogP contribution in [0.5, 0.6) is 0 Å². The van der Waals surface area contributed by atoms with E-state index in [2.05, 4.69) is 5.32 Å². The molecule has 1 amide bonds. The molecule has 1 aromatic heterocycles. The topological polar surface area (TPSA) is 55.4 Å². The highest BCUT2D eigenvalue weighted by atomic mass is 35.5. The number of nitrogens with one attached hydrogen (secondary N) is 1. The second-order valence-electron chi connectivity index (χ2n) is 3.66. The van der Waals surface area contributed by atoms with Crippen molar-refractivity contribution in [3.05, 3.63) is 16.5 Å². The number of alkyl halides is 1. The molecule has 6 heteroatoms. The molecule has 0 radical (unpaired) electrons. The van der Waals surface area contributed by atoms with Crippen LogP contribution in [0.3, 0.4) is 0 Å². The first kappa shape index (κ1) is 15.0. The summed E-state index contributed by atoms with van der Waals surface area (Å²) in [6, 6.07) is 1.72. The summed E-state index contributed by atoms with van der Waals surface area (Å²) in [5.74, 6) is -0.0979. The Morgan fingerprint density at radius 3 is 2.83 bits per heavy atom. The number of anilines is 1. The molecule has 0 aromatic carbocycles. The van der Waals surface area contributed by atoms with Gasteiger partial charge in [0.1, 0.15) is 5.00 Å². The van der Waals surface area contributed by atoms with Crippen molar-refractivity contribution in [2.75, 3.05) is 17.8 Å². The van der Waals surface area contributed by atoms with Gasteiger partial charge >= 0.3 is 5.97 Å². The third-order valence-corrected chi connectivity index (χ3v) is 3.37. The van der Waals surface area contributed by atoms with Crippen molar-refractivity contribution in [3.63, 3.8) is 0 Å². The second-order valence-corrected chi connectivity index (χ2v) is 5.30. The predicted octanol–water partition coefficient (Wildman–Crippen LogP) is 3.19. The van der Waals surface area contributed by atoms with Gasteiger partial charge < -0.3 is 10.1 Å². The summed E-state index contributed by atoms with van der Waals surface area (Å²) in [6.07, 6.45) is 0.967. The van der Waals surface area contributed by atoms with Crippen molar-refractivity contribution in [1.29, 1.82) is 0 Å². The van der Waals surface area contributed by atoms with Gasteiger partial charge in [0, 0.05) is 17.2 Å². The van der Waals surface area contributed by atoms with Gasteiger partial charge in [-0.05, 0) is 26.3 Å². The maximum absolute atomic E-state index is 11.7. The van der Waals surface area contributed by atoms with Gasteiger partial charge in [0.2, 0.25) is 5.91 Å². The van der Waals surface area contributed by atoms with Crippen LogP contribution in [-0.4, -0.2) is 24.4 Å². The highest BCUT2D eigenvalue weighted by Gasteiger charge is 2.17. The minimum absolute atomic E-state index is 0.136. The number of amides is 1. The molecule has 0 saturated carbocycles. The number of ether oxygens (including phenoxy) is 1. The minimum atomic E-state index is -0.408. The molecule has 0 saturated heterocycles. The van der Waals surface area contributed by atoms with Gasteiger partial charge in [-0.3, -0.25) is 4.79 Å². The van der Waals surface area contributed by atoms with Crippen molar-refractivity contribution in [2.24, 2.45) is 0 Å². The summed E-state index contributed by atoms with van der Waals surface area (Å²) >= 11 is 6.89. The van der Waals surface area contributed by atoms with Crippen LogP contribution < -0.4 is 5.32 Å². The van der Waals surface area contributed by atoms with Crippen molar-refractivity contribution in [1.82, 2.24) is 0 Å². The Bertz CT molecular complexity index is 431. The summed E-state index contributed by atoms with van der Waals surface area (Å²) in [5.41, 5.74) is 0.415. The molecule has 1 rings (SSSR count). The predicted molar refractivity (Wildman–Crippen MR) is 73.6 cm³/mol. The van der Waals surface area contributed by atoms with E-state index in [1.165, 1.54) is 11.3 Å². The quantitative estimate of drug-likeness (QED) is 0.646. The summed E-state index contributed by atoms with van der Waals surface area (Å²) in [7, 11) is 0. The second kappa shape index (κ2) is 7.38. The molecule has 0 atom stereocenters. The van der Waals surface area contributed by atoms with E-state index in [0.29, 0.717) is 35.9 Å². The summed E-state index contributed by atoms with van der Waals surface area (Å²) in [4.78, 5) is 24.2. The third kappa shape index (κ3) is 4.31. The lowest BCUT2D eigenvalue weighted by atomic mass is 10.3. The third-order valence-electron chi connectivity index (χ3n) is 2.14. The number of thiophene rings is 1. The molecule has 0 fully saturated rings. The summed E-state index contributed by atoms with van der Waals surface area (Å²) < 4.78 is 4.94. The fourth-order valence-corrected chi connectivity index (χ4v) is 2.43. The molecule has 0 unspecified atom stereocenters. The molecular weight excluding hydrogens is 274 g/mol. The zero-order chi connectivity index (χ0) is 13.5. The maximum atomic E-state index is 11.7. The van der Waals surface area contributed by atoms with Crippen molar-refractivity contribution < 1.29 is 14.3 Å². The molecule has 4 nitrogen and oxygen atoms in total. The monoisotopic (exact) mass is 289 g/mol. The highest BCUT2D eigenvalue weighted by Crippen LogP contribution is 2.28. The smallest absolute Gasteiger partial charge is 0.341 e. The SMILES string of the molecule is CCOC(=O)c1cc(C)sc1NC(=O)CCCCl. The first-order chi connectivity index (χ1) is 8.58. The molecular formula is C12H16ClNO3S. The van der Waals surface area contributed by atoms with E-state index >= 15 is 0 Å². The van der Waals surface area contributed by atoms with Crippen LogP contribution in [0.1, 0.15) is 35.0 Å². The largest absolute Gasteiger partial charge is 0.462 e. The van der Waals surface area contributed by atoms with Crippen LogP contribution in [-0.2, 0) is 9.53 Å². The Morgan fingerprint density at radius 2 is 2.22 bits per heavy atom. The Morgan fingerprint density at radius 1 is 1.50 bits per heavy atom. The number of carbonyl (C=O) groups excluding carboxylic acids is 2. The number of hydrogen-bond acceptors (Lipinski definition) is 4. The number of carbonyl (C=O) groups is 2. The number of hydrogen-bond donors (Lipinski definition) is 1. The highest BCUT2D eigenvalue weighted by molar-refractivity contribution is 7.16. The van der Waals surface area contributed by atoms with Gasteiger partial charge in [0.05, 0.1) is 12.2 Å².